The van der Waals surface area contributed by atoms with Crippen molar-refractivity contribution in [1.82, 2.24) is 10.2 Å². The lowest BCUT2D eigenvalue weighted by Gasteiger charge is -2.16. The summed E-state index contributed by atoms with van der Waals surface area (Å²) < 4.78 is 0.721. The van der Waals surface area contributed by atoms with Gasteiger partial charge >= 0.3 is 0 Å². The predicted molar refractivity (Wildman–Crippen MR) is 95.9 cm³/mol. The molecule has 2 aromatic rings. The minimum atomic E-state index is -0.471. The van der Waals surface area contributed by atoms with Crippen LogP contribution >= 0.6 is 23.1 Å². The lowest BCUT2D eigenvalue weighted by molar-refractivity contribution is -0.384. The first-order valence-electron chi connectivity index (χ1n) is 7.22. The lowest BCUT2D eigenvalue weighted by atomic mass is 10.2. The van der Waals surface area contributed by atoms with E-state index in [2.05, 4.69) is 22.4 Å². The number of carbonyl (C=O) groups is 1. The van der Waals surface area contributed by atoms with Crippen LogP contribution in [-0.2, 0) is 4.79 Å². The summed E-state index contributed by atoms with van der Waals surface area (Å²) in [5, 5.41) is 22.6. The molecule has 0 aliphatic heterocycles. The highest BCUT2D eigenvalue weighted by Gasteiger charge is 2.14. The molecule has 10 heteroatoms. The molecule has 1 N–H and O–H groups in total. The molecule has 0 unspecified atom stereocenters. The summed E-state index contributed by atoms with van der Waals surface area (Å²) in [5.74, 6) is 0.0997. The Morgan fingerprint density at radius 2 is 2.08 bits per heavy atom. The van der Waals surface area contributed by atoms with E-state index in [1.807, 2.05) is 0 Å². The van der Waals surface area contributed by atoms with Crippen molar-refractivity contribution in [2.75, 3.05) is 29.6 Å². The Kier molecular flexibility index (Phi) is 6.50. The SMILES string of the molecule is CCCNc1nnc(SCC(=O)N(C)c2ccc([N+](=O)[O-])cc2)s1. The van der Waals surface area contributed by atoms with Crippen LogP contribution in [0.3, 0.4) is 0 Å². The number of hydrogen-bond donors (Lipinski definition) is 1. The number of rotatable bonds is 8. The van der Waals surface area contributed by atoms with E-state index in [0.717, 1.165) is 22.4 Å². The van der Waals surface area contributed by atoms with Gasteiger partial charge in [-0.05, 0) is 18.6 Å². The van der Waals surface area contributed by atoms with Crippen molar-refractivity contribution < 1.29 is 9.72 Å². The van der Waals surface area contributed by atoms with Gasteiger partial charge in [-0.25, -0.2) is 0 Å². The molecule has 0 atom stereocenters. The molecular formula is C14H17N5O3S2. The molecule has 0 spiro atoms. The smallest absolute Gasteiger partial charge is 0.269 e. The van der Waals surface area contributed by atoms with Crippen LogP contribution in [0.1, 0.15) is 13.3 Å². The number of carbonyl (C=O) groups excluding carboxylic acids is 1. The summed E-state index contributed by atoms with van der Waals surface area (Å²) in [6, 6.07) is 5.86. The number of anilines is 2. The third-order valence-corrected chi connectivity index (χ3v) is 5.07. The number of nitrogens with one attached hydrogen (secondary N) is 1. The zero-order valence-corrected chi connectivity index (χ0v) is 14.9. The number of hydrogen-bond acceptors (Lipinski definition) is 8. The van der Waals surface area contributed by atoms with Crippen molar-refractivity contribution in [3.05, 3.63) is 34.4 Å². The monoisotopic (exact) mass is 367 g/mol. The summed E-state index contributed by atoms with van der Waals surface area (Å²) in [6.45, 7) is 2.90. The number of aromatic nitrogens is 2. The van der Waals surface area contributed by atoms with E-state index in [-0.39, 0.29) is 17.3 Å². The second-order valence-electron chi connectivity index (χ2n) is 4.81. The maximum absolute atomic E-state index is 12.2. The van der Waals surface area contributed by atoms with Gasteiger partial charge in [0.15, 0.2) is 4.34 Å². The van der Waals surface area contributed by atoms with Gasteiger partial charge in [-0.15, -0.1) is 10.2 Å². The van der Waals surface area contributed by atoms with Crippen LogP contribution in [0.25, 0.3) is 0 Å². The number of nitro benzene ring substituents is 1. The van der Waals surface area contributed by atoms with Gasteiger partial charge < -0.3 is 10.2 Å². The van der Waals surface area contributed by atoms with E-state index in [1.165, 1.54) is 40.1 Å². The molecule has 0 saturated carbocycles. The lowest BCUT2D eigenvalue weighted by Crippen LogP contribution is -2.27. The Bertz CT molecular complexity index is 705. The summed E-state index contributed by atoms with van der Waals surface area (Å²) in [4.78, 5) is 23.9. The first-order valence-corrected chi connectivity index (χ1v) is 9.02. The minimum absolute atomic E-state index is 0.00468. The molecular weight excluding hydrogens is 350 g/mol. The topological polar surface area (TPSA) is 101 Å². The third-order valence-electron chi connectivity index (χ3n) is 3.07. The molecule has 1 heterocycles. The fraction of sp³-hybridized carbons (Fsp3) is 0.357. The van der Waals surface area contributed by atoms with Gasteiger partial charge in [-0.1, -0.05) is 30.0 Å². The second kappa shape index (κ2) is 8.60. The number of benzene rings is 1. The number of nitrogens with zero attached hydrogens (tertiary/aromatic N) is 4. The molecule has 0 fully saturated rings. The fourth-order valence-electron chi connectivity index (χ4n) is 1.73. The summed E-state index contributed by atoms with van der Waals surface area (Å²) >= 11 is 2.73. The van der Waals surface area contributed by atoms with Gasteiger partial charge in [0.1, 0.15) is 0 Å². The van der Waals surface area contributed by atoms with Gasteiger partial charge in [0, 0.05) is 31.4 Å². The van der Waals surface area contributed by atoms with Crippen molar-refractivity contribution in [2.24, 2.45) is 0 Å². The maximum Gasteiger partial charge on any atom is 0.269 e. The Morgan fingerprint density at radius 3 is 2.71 bits per heavy atom. The average molecular weight is 367 g/mol. The van der Waals surface area contributed by atoms with Crippen molar-refractivity contribution >= 4 is 45.5 Å². The van der Waals surface area contributed by atoms with E-state index in [9.17, 15) is 14.9 Å². The molecule has 1 aromatic heterocycles. The van der Waals surface area contributed by atoms with E-state index in [0.29, 0.717) is 5.69 Å². The minimum Gasteiger partial charge on any atom is -0.360 e. The Morgan fingerprint density at radius 1 is 1.38 bits per heavy atom. The van der Waals surface area contributed by atoms with E-state index in [1.54, 1.807) is 19.2 Å². The van der Waals surface area contributed by atoms with Crippen LogP contribution < -0.4 is 10.2 Å². The van der Waals surface area contributed by atoms with Gasteiger partial charge in [0.2, 0.25) is 11.0 Å². The van der Waals surface area contributed by atoms with Crippen LogP contribution in [0.2, 0.25) is 0 Å². The van der Waals surface area contributed by atoms with Crippen molar-refractivity contribution in [3.8, 4) is 0 Å². The molecule has 2 rings (SSSR count). The number of nitro groups is 1. The molecule has 0 radical (unpaired) electrons. The second-order valence-corrected chi connectivity index (χ2v) is 7.01. The van der Waals surface area contributed by atoms with Crippen molar-refractivity contribution in [1.29, 1.82) is 0 Å². The van der Waals surface area contributed by atoms with Crippen LogP contribution in [-0.4, -0.2) is 40.4 Å². The normalized spacial score (nSPS) is 10.4. The molecule has 0 aliphatic carbocycles. The third kappa shape index (κ3) is 4.90. The van der Waals surface area contributed by atoms with Crippen LogP contribution in [0, 0.1) is 10.1 Å². The molecule has 1 aromatic carbocycles. The van der Waals surface area contributed by atoms with Crippen molar-refractivity contribution in [2.45, 2.75) is 17.7 Å². The fourth-order valence-corrected chi connectivity index (χ4v) is 3.43. The molecule has 8 nitrogen and oxygen atoms in total. The van der Waals surface area contributed by atoms with Gasteiger partial charge in [0.05, 0.1) is 10.7 Å². The Labute approximate surface area is 147 Å². The molecule has 128 valence electrons. The Balaban J connectivity index is 1.89. The van der Waals surface area contributed by atoms with Crippen LogP contribution in [0.5, 0.6) is 0 Å². The highest BCUT2D eigenvalue weighted by atomic mass is 32.2. The average Bonchev–Trinajstić information content (AvgIpc) is 3.05. The van der Waals surface area contributed by atoms with E-state index < -0.39 is 4.92 Å². The first kappa shape index (κ1) is 18.1. The highest BCUT2D eigenvalue weighted by molar-refractivity contribution is 8.01. The van der Waals surface area contributed by atoms with Crippen LogP contribution in [0.4, 0.5) is 16.5 Å². The highest BCUT2D eigenvalue weighted by Crippen LogP contribution is 2.26. The van der Waals surface area contributed by atoms with Gasteiger partial charge in [-0.3, -0.25) is 14.9 Å². The predicted octanol–water partition coefficient (Wildman–Crippen LogP) is 3.02. The zero-order valence-electron chi connectivity index (χ0n) is 13.3. The molecule has 24 heavy (non-hydrogen) atoms. The number of amides is 1. The van der Waals surface area contributed by atoms with Crippen LogP contribution in [0.15, 0.2) is 28.6 Å². The quantitative estimate of drug-likeness (QED) is 0.435. The number of thioether (sulfide) groups is 1. The zero-order chi connectivity index (χ0) is 17.5. The maximum atomic E-state index is 12.2. The largest absolute Gasteiger partial charge is 0.360 e. The first-order chi connectivity index (χ1) is 11.5. The van der Waals surface area contributed by atoms with E-state index >= 15 is 0 Å². The summed E-state index contributed by atoms with van der Waals surface area (Å²) in [6.07, 6.45) is 1.00. The molecule has 0 saturated heterocycles. The molecule has 1 amide bonds. The molecule has 0 bridgehead atoms. The van der Waals surface area contributed by atoms with E-state index in [4.69, 9.17) is 0 Å². The van der Waals surface area contributed by atoms with Gasteiger partial charge in [0.25, 0.3) is 5.69 Å². The van der Waals surface area contributed by atoms with Crippen molar-refractivity contribution in [3.63, 3.8) is 0 Å². The molecule has 0 aliphatic rings. The standard InChI is InChI=1S/C14H17N5O3S2/c1-3-8-15-13-16-17-14(24-13)23-9-12(20)18(2)10-4-6-11(7-5-10)19(21)22/h4-7H,3,8-9H2,1-2H3,(H,15,16). The summed E-state index contributed by atoms with van der Waals surface area (Å²) in [7, 11) is 1.64. The summed E-state index contributed by atoms with van der Waals surface area (Å²) in [5.41, 5.74) is 0.601. The Hall–Kier alpha value is -2.20. The number of non-ortho nitro benzene ring substituents is 1. The van der Waals surface area contributed by atoms with Gasteiger partial charge in [-0.2, -0.15) is 0 Å².